The Labute approximate surface area is 170 Å². The van der Waals surface area contributed by atoms with Gasteiger partial charge in [-0.25, -0.2) is 0 Å². The summed E-state index contributed by atoms with van der Waals surface area (Å²) in [5.74, 6) is 0.748. The SMILES string of the molecule is CC(C)(C)C1CCc2c(sc3c2C(=O)NC(c2ccc4ccccc4c2)N3)C1. The van der Waals surface area contributed by atoms with Crippen LogP contribution in [0.15, 0.2) is 42.5 Å². The molecule has 0 bridgehead atoms. The summed E-state index contributed by atoms with van der Waals surface area (Å²) in [4.78, 5) is 14.4. The molecular weight excluding hydrogens is 364 g/mol. The van der Waals surface area contributed by atoms with Crippen molar-refractivity contribution in [2.24, 2.45) is 11.3 Å². The number of nitrogens with one attached hydrogen (secondary N) is 2. The van der Waals surface area contributed by atoms with Gasteiger partial charge in [0, 0.05) is 4.88 Å². The Morgan fingerprint density at radius 2 is 1.82 bits per heavy atom. The summed E-state index contributed by atoms with van der Waals surface area (Å²) in [6.45, 7) is 6.99. The van der Waals surface area contributed by atoms with E-state index in [-0.39, 0.29) is 12.1 Å². The largest absolute Gasteiger partial charge is 0.353 e. The van der Waals surface area contributed by atoms with Crippen molar-refractivity contribution in [1.82, 2.24) is 5.32 Å². The first-order valence-electron chi connectivity index (χ1n) is 10.1. The molecule has 2 heterocycles. The van der Waals surface area contributed by atoms with Crippen molar-refractivity contribution < 1.29 is 4.79 Å². The van der Waals surface area contributed by atoms with Gasteiger partial charge in [-0.1, -0.05) is 57.2 Å². The highest BCUT2D eigenvalue weighted by molar-refractivity contribution is 7.16. The van der Waals surface area contributed by atoms with Gasteiger partial charge in [0.1, 0.15) is 11.2 Å². The number of benzene rings is 2. The first-order valence-corrected chi connectivity index (χ1v) is 10.9. The Morgan fingerprint density at radius 1 is 1.04 bits per heavy atom. The van der Waals surface area contributed by atoms with Gasteiger partial charge in [0.2, 0.25) is 0 Å². The van der Waals surface area contributed by atoms with Gasteiger partial charge in [-0.05, 0) is 58.6 Å². The predicted molar refractivity (Wildman–Crippen MR) is 117 cm³/mol. The van der Waals surface area contributed by atoms with E-state index in [1.165, 1.54) is 27.6 Å². The molecule has 3 aromatic rings. The van der Waals surface area contributed by atoms with Gasteiger partial charge >= 0.3 is 0 Å². The summed E-state index contributed by atoms with van der Waals surface area (Å²) in [7, 11) is 0. The van der Waals surface area contributed by atoms with Crippen LogP contribution < -0.4 is 10.6 Å². The van der Waals surface area contributed by atoms with Gasteiger partial charge in [0.15, 0.2) is 0 Å². The van der Waals surface area contributed by atoms with E-state index >= 15 is 0 Å². The van der Waals surface area contributed by atoms with Crippen LogP contribution in [0.5, 0.6) is 0 Å². The van der Waals surface area contributed by atoms with Gasteiger partial charge in [-0.2, -0.15) is 0 Å². The Morgan fingerprint density at radius 3 is 2.61 bits per heavy atom. The zero-order chi connectivity index (χ0) is 19.5. The van der Waals surface area contributed by atoms with Crippen LogP contribution >= 0.6 is 11.3 Å². The first kappa shape index (κ1) is 17.7. The van der Waals surface area contributed by atoms with Crippen LogP contribution in [-0.4, -0.2) is 5.91 Å². The molecule has 0 fully saturated rings. The van der Waals surface area contributed by atoms with Crippen LogP contribution in [0.1, 0.15) is 59.7 Å². The third-order valence-electron chi connectivity index (χ3n) is 6.37. The van der Waals surface area contributed by atoms with E-state index in [0.717, 1.165) is 29.0 Å². The predicted octanol–water partition coefficient (Wildman–Crippen LogP) is 5.91. The number of anilines is 1. The van der Waals surface area contributed by atoms with Crippen LogP contribution in [0, 0.1) is 11.3 Å². The van der Waals surface area contributed by atoms with E-state index in [1.807, 2.05) is 0 Å². The molecule has 2 unspecified atom stereocenters. The van der Waals surface area contributed by atoms with Crippen LogP contribution in [-0.2, 0) is 12.8 Å². The highest BCUT2D eigenvalue weighted by Crippen LogP contribution is 2.46. The topological polar surface area (TPSA) is 41.1 Å². The molecule has 2 N–H and O–H groups in total. The lowest BCUT2D eigenvalue weighted by molar-refractivity contribution is 0.0935. The molecule has 0 spiro atoms. The molecule has 28 heavy (non-hydrogen) atoms. The van der Waals surface area contributed by atoms with Crippen molar-refractivity contribution in [3.63, 3.8) is 0 Å². The van der Waals surface area contributed by atoms with Gasteiger partial charge in [0.25, 0.3) is 5.91 Å². The molecule has 1 aromatic heterocycles. The molecule has 1 aliphatic carbocycles. The van der Waals surface area contributed by atoms with Crippen LogP contribution in [0.25, 0.3) is 10.8 Å². The van der Waals surface area contributed by atoms with E-state index in [2.05, 4.69) is 73.9 Å². The van der Waals surface area contributed by atoms with E-state index in [1.54, 1.807) is 11.3 Å². The Bertz CT molecular complexity index is 1080. The van der Waals surface area contributed by atoms with Crippen molar-refractivity contribution in [3.8, 4) is 0 Å². The van der Waals surface area contributed by atoms with Crippen molar-refractivity contribution in [1.29, 1.82) is 0 Å². The van der Waals surface area contributed by atoms with Gasteiger partial charge in [0.05, 0.1) is 5.56 Å². The fraction of sp³-hybridized carbons (Fsp3) is 0.375. The van der Waals surface area contributed by atoms with Crippen molar-refractivity contribution in [3.05, 3.63) is 64.0 Å². The van der Waals surface area contributed by atoms with Gasteiger partial charge in [-0.15, -0.1) is 11.3 Å². The average molecular weight is 391 g/mol. The number of carbonyl (C=O) groups excluding carboxylic acids is 1. The third kappa shape index (κ3) is 2.91. The van der Waals surface area contributed by atoms with Crippen molar-refractivity contribution >= 4 is 33.0 Å². The molecule has 2 atom stereocenters. The zero-order valence-electron chi connectivity index (χ0n) is 16.6. The fourth-order valence-electron chi connectivity index (χ4n) is 4.59. The molecule has 2 aliphatic rings. The van der Waals surface area contributed by atoms with E-state index in [0.29, 0.717) is 11.3 Å². The normalized spacial score (nSPS) is 21.6. The van der Waals surface area contributed by atoms with Crippen molar-refractivity contribution in [2.45, 2.75) is 46.2 Å². The minimum Gasteiger partial charge on any atom is -0.353 e. The molecule has 144 valence electrons. The summed E-state index contributed by atoms with van der Waals surface area (Å²) in [6.07, 6.45) is 3.09. The lowest BCUT2D eigenvalue weighted by Gasteiger charge is -2.34. The number of hydrogen-bond donors (Lipinski definition) is 2. The Balaban J connectivity index is 1.47. The minimum atomic E-state index is -0.178. The standard InChI is InChI=1S/C24H26N2OS/c1-24(2,3)17-10-11-18-19(13-17)28-23-20(18)22(27)25-21(26-23)16-9-8-14-6-4-5-7-15(14)12-16/h4-9,12,17,21,26H,10-11,13H2,1-3H3,(H,25,27). The summed E-state index contributed by atoms with van der Waals surface area (Å²) >= 11 is 1.79. The number of carbonyl (C=O) groups is 1. The summed E-state index contributed by atoms with van der Waals surface area (Å²) in [5.41, 5.74) is 3.58. The Kier molecular flexibility index (Phi) is 4.02. The molecule has 5 rings (SSSR count). The molecule has 1 aliphatic heterocycles. The van der Waals surface area contributed by atoms with E-state index in [9.17, 15) is 4.79 Å². The number of fused-ring (bicyclic) bond motifs is 4. The highest BCUT2D eigenvalue weighted by atomic mass is 32.1. The Hall–Kier alpha value is -2.33. The summed E-state index contributed by atoms with van der Waals surface area (Å²) in [5, 5.41) is 10.2. The van der Waals surface area contributed by atoms with Gasteiger partial charge < -0.3 is 10.6 Å². The number of rotatable bonds is 1. The first-order chi connectivity index (χ1) is 13.4. The maximum absolute atomic E-state index is 13.0. The van der Waals surface area contributed by atoms with Crippen LogP contribution in [0.2, 0.25) is 0 Å². The quantitative estimate of drug-likeness (QED) is 0.542. The second-order valence-electron chi connectivity index (χ2n) is 9.17. The maximum atomic E-state index is 13.0. The number of thiophene rings is 1. The lowest BCUT2D eigenvalue weighted by atomic mass is 9.72. The fourth-order valence-corrected chi connectivity index (χ4v) is 5.94. The van der Waals surface area contributed by atoms with E-state index in [4.69, 9.17) is 0 Å². The summed E-state index contributed by atoms with van der Waals surface area (Å²) < 4.78 is 0. The molecule has 0 radical (unpaired) electrons. The smallest absolute Gasteiger partial charge is 0.256 e. The molecule has 1 amide bonds. The molecular formula is C24H26N2OS. The molecule has 3 nitrogen and oxygen atoms in total. The molecule has 4 heteroatoms. The highest BCUT2D eigenvalue weighted by Gasteiger charge is 2.36. The van der Waals surface area contributed by atoms with Gasteiger partial charge in [-0.3, -0.25) is 4.79 Å². The molecule has 2 aromatic carbocycles. The number of hydrogen-bond acceptors (Lipinski definition) is 3. The second kappa shape index (κ2) is 6.35. The lowest BCUT2D eigenvalue weighted by Crippen LogP contribution is -2.38. The monoisotopic (exact) mass is 390 g/mol. The minimum absolute atomic E-state index is 0.0682. The maximum Gasteiger partial charge on any atom is 0.256 e. The van der Waals surface area contributed by atoms with Crippen LogP contribution in [0.3, 0.4) is 0 Å². The van der Waals surface area contributed by atoms with Crippen LogP contribution in [0.4, 0.5) is 5.00 Å². The third-order valence-corrected chi connectivity index (χ3v) is 7.56. The van der Waals surface area contributed by atoms with Crippen molar-refractivity contribution in [2.75, 3.05) is 5.32 Å². The summed E-state index contributed by atoms with van der Waals surface area (Å²) in [6, 6.07) is 14.7. The zero-order valence-corrected chi connectivity index (χ0v) is 17.5. The molecule has 0 saturated heterocycles. The number of amides is 1. The molecule has 0 saturated carbocycles. The van der Waals surface area contributed by atoms with E-state index < -0.39 is 0 Å². The average Bonchev–Trinajstić information content (AvgIpc) is 3.05. The second-order valence-corrected chi connectivity index (χ2v) is 10.3.